The standard InChI is InChI=1S/C18H23N3O2/c1-13(14-11-19-20(2)12-14)21(3)17(22)18(8-9-18)15-6-5-7-16(10-15)23-4/h5-7,10-13H,8-9H2,1-4H3. The number of aryl methyl sites for hydroxylation is 1. The molecule has 5 nitrogen and oxygen atoms in total. The highest BCUT2D eigenvalue weighted by atomic mass is 16.5. The van der Waals surface area contributed by atoms with Crippen LogP contribution in [0.1, 0.15) is 36.9 Å². The number of ether oxygens (including phenoxy) is 1. The second-order valence-electron chi connectivity index (χ2n) is 6.35. The van der Waals surface area contributed by atoms with Gasteiger partial charge in [0.2, 0.25) is 5.91 Å². The van der Waals surface area contributed by atoms with Crippen LogP contribution in [-0.2, 0) is 17.3 Å². The van der Waals surface area contributed by atoms with Crippen LogP contribution in [0.3, 0.4) is 0 Å². The summed E-state index contributed by atoms with van der Waals surface area (Å²) in [6, 6.07) is 7.86. The molecule has 1 fully saturated rings. The fourth-order valence-corrected chi connectivity index (χ4v) is 3.06. The molecule has 1 saturated carbocycles. The average molecular weight is 313 g/mol. The van der Waals surface area contributed by atoms with Crippen LogP contribution in [0, 0.1) is 0 Å². The van der Waals surface area contributed by atoms with Gasteiger partial charge in [0, 0.05) is 25.9 Å². The highest BCUT2D eigenvalue weighted by molar-refractivity contribution is 5.91. The van der Waals surface area contributed by atoms with E-state index in [4.69, 9.17) is 4.74 Å². The van der Waals surface area contributed by atoms with Crippen molar-refractivity contribution >= 4 is 5.91 Å². The van der Waals surface area contributed by atoms with Crippen molar-refractivity contribution in [2.24, 2.45) is 7.05 Å². The average Bonchev–Trinajstić information content (AvgIpc) is 3.28. The lowest BCUT2D eigenvalue weighted by Crippen LogP contribution is -2.38. The number of methoxy groups -OCH3 is 1. The van der Waals surface area contributed by atoms with Gasteiger partial charge in [0.1, 0.15) is 5.75 Å². The molecule has 1 unspecified atom stereocenters. The minimum atomic E-state index is -0.389. The van der Waals surface area contributed by atoms with Gasteiger partial charge in [-0.2, -0.15) is 5.10 Å². The van der Waals surface area contributed by atoms with E-state index in [0.29, 0.717) is 0 Å². The van der Waals surface area contributed by atoms with Crippen LogP contribution in [0.15, 0.2) is 36.7 Å². The summed E-state index contributed by atoms with van der Waals surface area (Å²) in [7, 11) is 5.41. The Labute approximate surface area is 136 Å². The minimum Gasteiger partial charge on any atom is -0.497 e. The minimum absolute atomic E-state index is 0.000664. The molecule has 23 heavy (non-hydrogen) atoms. The van der Waals surface area contributed by atoms with Crippen LogP contribution < -0.4 is 4.74 Å². The summed E-state index contributed by atoms with van der Waals surface area (Å²) in [4.78, 5) is 14.9. The first-order valence-electron chi connectivity index (χ1n) is 7.88. The third-order valence-corrected chi connectivity index (χ3v) is 4.89. The maximum Gasteiger partial charge on any atom is 0.233 e. The van der Waals surface area contributed by atoms with Crippen molar-refractivity contribution in [1.82, 2.24) is 14.7 Å². The number of likely N-dealkylation sites (N-methyl/N-ethyl adjacent to an activating group) is 1. The molecule has 1 amide bonds. The van der Waals surface area contributed by atoms with E-state index in [2.05, 4.69) is 5.10 Å². The number of hydrogen-bond donors (Lipinski definition) is 0. The van der Waals surface area contributed by atoms with E-state index < -0.39 is 0 Å². The molecule has 0 bridgehead atoms. The van der Waals surface area contributed by atoms with Gasteiger partial charge < -0.3 is 9.64 Å². The fourth-order valence-electron chi connectivity index (χ4n) is 3.06. The molecule has 1 aromatic heterocycles. The molecule has 122 valence electrons. The van der Waals surface area contributed by atoms with Crippen LogP contribution in [0.4, 0.5) is 0 Å². The maximum atomic E-state index is 13.1. The van der Waals surface area contributed by atoms with Gasteiger partial charge in [0.15, 0.2) is 0 Å². The second-order valence-corrected chi connectivity index (χ2v) is 6.35. The zero-order chi connectivity index (χ0) is 16.6. The van der Waals surface area contributed by atoms with Crippen molar-refractivity contribution in [3.8, 4) is 5.75 Å². The number of amides is 1. The summed E-state index contributed by atoms with van der Waals surface area (Å²) in [6.45, 7) is 2.04. The van der Waals surface area contributed by atoms with E-state index in [1.54, 1.807) is 11.8 Å². The lowest BCUT2D eigenvalue weighted by molar-refractivity contribution is -0.134. The zero-order valence-electron chi connectivity index (χ0n) is 14.1. The van der Waals surface area contributed by atoms with E-state index in [9.17, 15) is 4.79 Å². The topological polar surface area (TPSA) is 47.4 Å². The largest absolute Gasteiger partial charge is 0.497 e. The Hall–Kier alpha value is -2.30. The molecule has 1 aliphatic carbocycles. The predicted molar refractivity (Wildman–Crippen MR) is 88.3 cm³/mol. The SMILES string of the molecule is COc1cccc(C2(C(=O)N(C)C(C)c3cnn(C)c3)CC2)c1. The molecule has 1 aromatic carbocycles. The molecule has 1 aliphatic rings. The normalized spacial score (nSPS) is 16.7. The van der Waals surface area contributed by atoms with Gasteiger partial charge in [0.05, 0.1) is 24.8 Å². The Bertz CT molecular complexity index is 719. The van der Waals surface area contributed by atoms with Gasteiger partial charge in [-0.15, -0.1) is 0 Å². The van der Waals surface area contributed by atoms with Crippen molar-refractivity contribution < 1.29 is 9.53 Å². The summed E-state index contributed by atoms with van der Waals surface area (Å²) >= 11 is 0. The Morgan fingerprint density at radius 1 is 1.43 bits per heavy atom. The quantitative estimate of drug-likeness (QED) is 0.852. The van der Waals surface area contributed by atoms with Crippen molar-refractivity contribution in [3.63, 3.8) is 0 Å². The first-order valence-corrected chi connectivity index (χ1v) is 7.88. The molecular weight excluding hydrogens is 290 g/mol. The lowest BCUT2D eigenvalue weighted by atomic mass is 9.93. The van der Waals surface area contributed by atoms with Crippen molar-refractivity contribution in [1.29, 1.82) is 0 Å². The first-order chi connectivity index (χ1) is 11.0. The van der Waals surface area contributed by atoms with Crippen LogP contribution in [-0.4, -0.2) is 34.7 Å². The van der Waals surface area contributed by atoms with E-state index in [1.165, 1.54) is 0 Å². The number of carbonyl (C=O) groups excluding carboxylic acids is 1. The van der Waals surface area contributed by atoms with Crippen LogP contribution in [0.5, 0.6) is 5.75 Å². The van der Waals surface area contributed by atoms with Gasteiger partial charge in [0.25, 0.3) is 0 Å². The number of nitrogens with zero attached hydrogens (tertiary/aromatic N) is 3. The van der Waals surface area contributed by atoms with Crippen LogP contribution in [0.2, 0.25) is 0 Å². The van der Waals surface area contributed by atoms with Gasteiger partial charge in [-0.1, -0.05) is 12.1 Å². The smallest absolute Gasteiger partial charge is 0.233 e. The Kier molecular flexibility index (Phi) is 3.88. The predicted octanol–water partition coefficient (Wildman–Crippen LogP) is 2.68. The molecule has 1 atom stereocenters. The van der Waals surface area contributed by atoms with Gasteiger partial charge >= 0.3 is 0 Å². The number of rotatable bonds is 5. The van der Waals surface area contributed by atoms with Crippen LogP contribution in [0.25, 0.3) is 0 Å². The molecule has 1 heterocycles. The first kappa shape index (κ1) is 15.6. The van der Waals surface area contributed by atoms with E-state index >= 15 is 0 Å². The molecule has 3 rings (SSSR count). The third-order valence-electron chi connectivity index (χ3n) is 4.89. The van der Waals surface area contributed by atoms with E-state index in [1.807, 2.05) is 62.6 Å². The van der Waals surface area contributed by atoms with Crippen molar-refractivity contribution in [2.45, 2.75) is 31.2 Å². The zero-order valence-corrected chi connectivity index (χ0v) is 14.1. The van der Waals surface area contributed by atoms with Crippen LogP contribution >= 0.6 is 0 Å². The summed E-state index contributed by atoms with van der Waals surface area (Å²) in [5.74, 6) is 0.964. The summed E-state index contributed by atoms with van der Waals surface area (Å²) in [6.07, 6.45) is 5.56. The maximum absolute atomic E-state index is 13.1. The summed E-state index contributed by atoms with van der Waals surface area (Å²) in [5, 5.41) is 4.20. The Morgan fingerprint density at radius 3 is 2.74 bits per heavy atom. The highest BCUT2D eigenvalue weighted by Gasteiger charge is 2.53. The van der Waals surface area contributed by atoms with Crippen molar-refractivity contribution in [2.75, 3.05) is 14.2 Å². The Morgan fingerprint density at radius 2 is 2.17 bits per heavy atom. The molecular formula is C18H23N3O2. The van der Waals surface area contributed by atoms with E-state index in [-0.39, 0.29) is 17.4 Å². The molecule has 5 heteroatoms. The van der Waals surface area contributed by atoms with Crippen molar-refractivity contribution in [3.05, 3.63) is 47.8 Å². The monoisotopic (exact) mass is 313 g/mol. The Balaban J connectivity index is 1.83. The van der Waals surface area contributed by atoms with Gasteiger partial charge in [-0.05, 0) is 37.5 Å². The molecule has 2 aromatic rings. The van der Waals surface area contributed by atoms with Gasteiger partial charge in [-0.25, -0.2) is 0 Å². The summed E-state index contributed by atoms with van der Waals surface area (Å²) < 4.78 is 7.06. The number of benzene rings is 1. The molecule has 0 saturated heterocycles. The molecule has 0 aliphatic heterocycles. The molecule has 0 radical (unpaired) electrons. The molecule has 0 spiro atoms. The number of hydrogen-bond acceptors (Lipinski definition) is 3. The second kappa shape index (κ2) is 5.72. The number of carbonyl (C=O) groups is 1. The third kappa shape index (κ3) is 2.71. The summed E-state index contributed by atoms with van der Waals surface area (Å²) in [5.41, 5.74) is 1.71. The van der Waals surface area contributed by atoms with Gasteiger partial charge in [-0.3, -0.25) is 9.48 Å². The van der Waals surface area contributed by atoms with E-state index in [0.717, 1.165) is 29.7 Å². The number of aromatic nitrogens is 2. The lowest BCUT2D eigenvalue weighted by Gasteiger charge is -2.29. The fraction of sp³-hybridized carbons (Fsp3) is 0.444. The highest BCUT2D eigenvalue weighted by Crippen LogP contribution is 2.50. The molecule has 0 N–H and O–H groups in total.